The van der Waals surface area contributed by atoms with Crippen LogP contribution in [0, 0.1) is 0 Å². The van der Waals surface area contributed by atoms with Crippen LogP contribution >= 0.6 is 0 Å². The number of carbonyl (C=O) groups is 1. The Morgan fingerprint density at radius 2 is 1.65 bits per heavy atom. The average molecular weight is 441 g/mol. The summed E-state index contributed by atoms with van der Waals surface area (Å²) >= 11 is 0. The van der Waals surface area contributed by atoms with Gasteiger partial charge in [-0.2, -0.15) is 0 Å². The molecular formula is C25H32O5Si. The van der Waals surface area contributed by atoms with Gasteiger partial charge in [-0.1, -0.05) is 81.4 Å². The normalized spacial score (nSPS) is 22.0. The van der Waals surface area contributed by atoms with Gasteiger partial charge in [0.25, 0.3) is 8.32 Å². The molecule has 6 heteroatoms. The van der Waals surface area contributed by atoms with Gasteiger partial charge in [-0.25, -0.2) is 4.79 Å². The van der Waals surface area contributed by atoms with E-state index in [9.17, 15) is 9.90 Å². The Labute approximate surface area is 185 Å². The molecule has 1 aliphatic heterocycles. The molecule has 0 spiro atoms. The molecule has 0 saturated carbocycles. The summed E-state index contributed by atoms with van der Waals surface area (Å²) in [4.78, 5) is 11.4. The van der Waals surface area contributed by atoms with E-state index in [2.05, 4.69) is 74.0 Å². The molecule has 1 fully saturated rings. The summed E-state index contributed by atoms with van der Waals surface area (Å²) in [6.07, 6.45) is 1.80. The molecule has 1 aliphatic rings. The third-order valence-corrected chi connectivity index (χ3v) is 10.8. The highest BCUT2D eigenvalue weighted by atomic mass is 28.4. The van der Waals surface area contributed by atoms with Crippen LogP contribution in [0.2, 0.25) is 5.04 Å². The second-order valence-corrected chi connectivity index (χ2v) is 13.2. The summed E-state index contributed by atoms with van der Waals surface area (Å²) < 4.78 is 17.5. The number of benzene rings is 2. The minimum Gasteiger partial charge on any atom is -0.466 e. The lowest BCUT2D eigenvalue weighted by Gasteiger charge is -2.43. The van der Waals surface area contributed by atoms with E-state index in [0.29, 0.717) is 13.0 Å². The van der Waals surface area contributed by atoms with Crippen LogP contribution in [0.4, 0.5) is 0 Å². The summed E-state index contributed by atoms with van der Waals surface area (Å²) in [5.41, 5.74) is 0. The van der Waals surface area contributed by atoms with E-state index in [4.69, 9.17) is 9.16 Å². The number of methoxy groups -OCH3 is 1. The second kappa shape index (κ2) is 9.91. The van der Waals surface area contributed by atoms with Crippen molar-refractivity contribution < 1.29 is 23.8 Å². The lowest BCUT2D eigenvalue weighted by Crippen LogP contribution is -2.67. The van der Waals surface area contributed by atoms with E-state index in [1.807, 2.05) is 12.1 Å². The Morgan fingerprint density at radius 1 is 1.10 bits per heavy atom. The standard InChI is InChI=1S/C25H32O5Si/c1-25(2,3)31(20-11-7-5-8-12-20,21-13-9-6-10-14-21)29-18-19-17-22(26)23(30-19)15-16-24(27)28-4/h5-16,19,22-23,26H,17-18H2,1-4H3/b16-15+/t19-,22+,23+/m0/s1. The van der Waals surface area contributed by atoms with Gasteiger partial charge in [0.2, 0.25) is 0 Å². The zero-order chi connectivity index (χ0) is 22.5. The van der Waals surface area contributed by atoms with Gasteiger partial charge in [0.05, 0.1) is 25.9 Å². The fraction of sp³-hybridized carbons (Fsp3) is 0.400. The van der Waals surface area contributed by atoms with Crippen molar-refractivity contribution in [1.29, 1.82) is 0 Å². The molecule has 0 aromatic heterocycles. The molecule has 1 heterocycles. The first kappa shape index (κ1) is 23.4. The van der Waals surface area contributed by atoms with Crippen LogP contribution in [-0.4, -0.2) is 51.4 Å². The average Bonchev–Trinajstić information content (AvgIpc) is 3.12. The summed E-state index contributed by atoms with van der Waals surface area (Å²) in [5, 5.41) is 12.7. The first-order valence-corrected chi connectivity index (χ1v) is 12.5. The molecule has 0 radical (unpaired) electrons. The maximum absolute atomic E-state index is 11.4. The molecule has 31 heavy (non-hydrogen) atoms. The third kappa shape index (κ3) is 5.15. The molecule has 0 bridgehead atoms. The zero-order valence-corrected chi connectivity index (χ0v) is 19.7. The molecule has 3 atom stereocenters. The number of rotatable bonds is 7. The topological polar surface area (TPSA) is 65.0 Å². The Morgan fingerprint density at radius 3 is 2.13 bits per heavy atom. The number of carbonyl (C=O) groups excluding carboxylic acids is 1. The van der Waals surface area contributed by atoms with Gasteiger partial charge < -0.3 is 19.0 Å². The SMILES string of the molecule is COC(=O)/C=C/[C@H]1O[C@H](CO[Si](c2ccccc2)(c2ccccc2)C(C)(C)C)C[C@H]1O. The van der Waals surface area contributed by atoms with Gasteiger partial charge in [0.1, 0.15) is 6.10 Å². The van der Waals surface area contributed by atoms with Crippen LogP contribution in [0.25, 0.3) is 0 Å². The van der Waals surface area contributed by atoms with E-state index in [1.165, 1.54) is 23.6 Å². The van der Waals surface area contributed by atoms with Crippen LogP contribution in [0.1, 0.15) is 27.2 Å². The smallest absolute Gasteiger partial charge is 0.330 e. The molecule has 2 aromatic carbocycles. The predicted octanol–water partition coefficient (Wildman–Crippen LogP) is 2.81. The molecule has 1 N–H and O–H groups in total. The van der Waals surface area contributed by atoms with Gasteiger partial charge in [0, 0.05) is 12.5 Å². The second-order valence-electron chi connectivity index (χ2n) is 8.88. The minimum atomic E-state index is -2.66. The Bertz CT molecular complexity index is 836. The van der Waals surface area contributed by atoms with Gasteiger partial charge in [-0.3, -0.25) is 0 Å². The fourth-order valence-corrected chi connectivity index (χ4v) is 8.87. The van der Waals surface area contributed by atoms with Gasteiger partial charge >= 0.3 is 5.97 Å². The minimum absolute atomic E-state index is 0.128. The van der Waals surface area contributed by atoms with Crippen molar-refractivity contribution in [3.05, 3.63) is 72.8 Å². The first-order valence-electron chi connectivity index (χ1n) is 10.6. The zero-order valence-electron chi connectivity index (χ0n) is 18.7. The van der Waals surface area contributed by atoms with E-state index < -0.39 is 26.5 Å². The molecule has 3 rings (SSSR count). The van der Waals surface area contributed by atoms with Gasteiger partial charge in [0.15, 0.2) is 0 Å². The molecule has 0 aliphatic carbocycles. The van der Waals surface area contributed by atoms with E-state index >= 15 is 0 Å². The Kier molecular flexibility index (Phi) is 7.49. The van der Waals surface area contributed by atoms with Crippen LogP contribution < -0.4 is 10.4 Å². The third-order valence-electron chi connectivity index (χ3n) is 5.76. The highest BCUT2D eigenvalue weighted by molar-refractivity contribution is 6.99. The van der Waals surface area contributed by atoms with E-state index in [1.54, 1.807) is 6.08 Å². The van der Waals surface area contributed by atoms with Crippen molar-refractivity contribution in [2.45, 2.75) is 50.5 Å². The van der Waals surface area contributed by atoms with E-state index in [-0.39, 0.29) is 11.1 Å². The number of hydrogen-bond donors (Lipinski definition) is 1. The number of ether oxygens (including phenoxy) is 2. The molecule has 0 unspecified atom stereocenters. The van der Waals surface area contributed by atoms with Crippen molar-refractivity contribution in [3.63, 3.8) is 0 Å². The molecule has 0 amide bonds. The summed E-state index contributed by atoms with van der Waals surface area (Å²) in [6.45, 7) is 7.05. The number of aliphatic hydroxyl groups excluding tert-OH is 1. The molecule has 5 nitrogen and oxygen atoms in total. The van der Waals surface area contributed by atoms with Crippen LogP contribution in [0.3, 0.4) is 0 Å². The van der Waals surface area contributed by atoms with Crippen LogP contribution in [0.15, 0.2) is 72.8 Å². The van der Waals surface area contributed by atoms with Gasteiger partial charge in [-0.15, -0.1) is 0 Å². The fourth-order valence-electron chi connectivity index (χ4n) is 4.27. The highest BCUT2D eigenvalue weighted by Crippen LogP contribution is 2.37. The Balaban J connectivity index is 1.87. The van der Waals surface area contributed by atoms with Crippen LogP contribution in [0.5, 0.6) is 0 Å². The lowest BCUT2D eigenvalue weighted by molar-refractivity contribution is -0.134. The lowest BCUT2D eigenvalue weighted by atomic mass is 10.1. The van der Waals surface area contributed by atoms with Gasteiger partial charge in [-0.05, 0) is 21.5 Å². The van der Waals surface area contributed by atoms with Crippen molar-refractivity contribution >= 4 is 24.7 Å². The monoisotopic (exact) mass is 440 g/mol. The Hall–Kier alpha value is -2.25. The number of esters is 1. The highest BCUT2D eigenvalue weighted by Gasteiger charge is 2.50. The predicted molar refractivity (Wildman–Crippen MR) is 124 cm³/mol. The molecular weight excluding hydrogens is 408 g/mol. The quantitative estimate of drug-likeness (QED) is 0.407. The maximum Gasteiger partial charge on any atom is 0.330 e. The van der Waals surface area contributed by atoms with E-state index in [0.717, 1.165) is 0 Å². The first-order chi connectivity index (χ1) is 14.8. The van der Waals surface area contributed by atoms with Crippen molar-refractivity contribution in [2.24, 2.45) is 0 Å². The molecule has 2 aromatic rings. The summed E-state index contributed by atoms with van der Waals surface area (Å²) in [7, 11) is -1.34. The largest absolute Gasteiger partial charge is 0.466 e. The van der Waals surface area contributed by atoms with Crippen molar-refractivity contribution in [3.8, 4) is 0 Å². The molecule has 166 valence electrons. The van der Waals surface area contributed by atoms with Crippen molar-refractivity contribution in [1.82, 2.24) is 0 Å². The van der Waals surface area contributed by atoms with Crippen molar-refractivity contribution in [2.75, 3.05) is 13.7 Å². The number of hydrogen-bond acceptors (Lipinski definition) is 5. The number of aliphatic hydroxyl groups is 1. The summed E-state index contributed by atoms with van der Waals surface area (Å²) in [6, 6.07) is 20.9. The maximum atomic E-state index is 11.4. The summed E-state index contributed by atoms with van der Waals surface area (Å²) in [5.74, 6) is -0.470. The molecule has 1 saturated heterocycles. The van der Waals surface area contributed by atoms with Crippen LogP contribution in [-0.2, 0) is 18.7 Å².